The van der Waals surface area contributed by atoms with Crippen LogP contribution in [0, 0.1) is 10.1 Å². The van der Waals surface area contributed by atoms with Gasteiger partial charge in [0.2, 0.25) is 0 Å². The molecule has 7 nitrogen and oxygen atoms in total. The van der Waals surface area contributed by atoms with Crippen LogP contribution in [-0.4, -0.2) is 21.2 Å². The largest absolute Gasteiger partial charge is 0.506 e. The molecule has 0 radical (unpaired) electrons. The van der Waals surface area contributed by atoms with E-state index in [1.807, 2.05) is 0 Å². The molecule has 1 N–H and O–H groups in total. The van der Waals surface area contributed by atoms with Crippen LogP contribution in [0.3, 0.4) is 0 Å². The van der Waals surface area contributed by atoms with Gasteiger partial charge in [-0.2, -0.15) is 0 Å². The summed E-state index contributed by atoms with van der Waals surface area (Å²) >= 11 is 1.31. The molecule has 0 saturated carbocycles. The first-order chi connectivity index (χ1) is 9.08. The van der Waals surface area contributed by atoms with Gasteiger partial charge in [0.15, 0.2) is 6.10 Å². The SMILES string of the molecule is O=C(O)OC(c1ccc([N+](=O)[O-])cc1)c1cscn1. The molecule has 1 heterocycles. The zero-order chi connectivity index (χ0) is 13.8. The smallest absolute Gasteiger partial charge is 0.450 e. The van der Waals surface area contributed by atoms with Gasteiger partial charge in [0.1, 0.15) is 0 Å². The van der Waals surface area contributed by atoms with Crippen LogP contribution in [0.25, 0.3) is 0 Å². The Hall–Kier alpha value is -2.48. The summed E-state index contributed by atoms with van der Waals surface area (Å²) in [5, 5.41) is 21.0. The standard InChI is InChI=1S/C11H8N2O5S/c14-11(15)18-10(9-5-19-6-12-9)7-1-3-8(4-2-7)13(16)17/h1-6,10H,(H,14,15). The lowest BCUT2D eigenvalue weighted by Crippen LogP contribution is -2.11. The number of non-ortho nitro benzene ring substituents is 1. The summed E-state index contributed by atoms with van der Waals surface area (Å²) in [7, 11) is 0. The summed E-state index contributed by atoms with van der Waals surface area (Å²) < 4.78 is 4.77. The summed E-state index contributed by atoms with van der Waals surface area (Å²) in [5.74, 6) is 0. The van der Waals surface area contributed by atoms with Gasteiger partial charge in [-0.25, -0.2) is 9.78 Å². The van der Waals surface area contributed by atoms with E-state index in [2.05, 4.69) is 4.98 Å². The fourth-order valence-electron chi connectivity index (χ4n) is 1.52. The second-order valence-corrected chi connectivity index (χ2v) is 4.24. The Morgan fingerprint density at radius 1 is 1.42 bits per heavy atom. The zero-order valence-corrected chi connectivity index (χ0v) is 10.2. The molecule has 0 aliphatic heterocycles. The van der Waals surface area contributed by atoms with E-state index in [1.165, 1.54) is 35.6 Å². The van der Waals surface area contributed by atoms with Crippen LogP contribution >= 0.6 is 11.3 Å². The molecule has 0 amide bonds. The van der Waals surface area contributed by atoms with Crippen molar-refractivity contribution < 1.29 is 19.6 Å². The molecule has 2 aromatic rings. The first-order valence-corrected chi connectivity index (χ1v) is 6.04. The molecular weight excluding hydrogens is 272 g/mol. The Morgan fingerprint density at radius 2 is 2.11 bits per heavy atom. The van der Waals surface area contributed by atoms with Gasteiger partial charge in [-0.15, -0.1) is 11.3 Å². The van der Waals surface area contributed by atoms with Crippen molar-refractivity contribution in [1.82, 2.24) is 4.98 Å². The number of thiazole rings is 1. The maximum Gasteiger partial charge on any atom is 0.506 e. The van der Waals surface area contributed by atoms with Crippen LogP contribution < -0.4 is 0 Å². The lowest BCUT2D eigenvalue weighted by molar-refractivity contribution is -0.384. The number of nitro groups is 1. The molecule has 0 bridgehead atoms. The van der Waals surface area contributed by atoms with E-state index in [9.17, 15) is 14.9 Å². The number of rotatable bonds is 4. The highest BCUT2D eigenvalue weighted by atomic mass is 32.1. The summed E-state index contributed by atoms with van der Waals surface area (Å²) in [6.07, 6.45) is -2.32. The third-order valence-corrected chi connectivity index (χ3v) is 2.95. The Labute approximate surface area is 111 Å². The maximum absolute atomic E-state index is 10.7. The molecule has 8 heteroatoms. The third-order valence-electron chi connectivity index (χ3n) is 2.35. The minimum absolute atomic E-state index is 0.0731. The molecule has 19 heavy (non-hydrogen) atoms. The lowest BCUT2D eigenvalue weighted by Gasteiger charge is -2.13. The molecule has 1 aromatic carbocycles. The topological polar surface area (TPSA) is 103 Å². The van der Waals surface area contributed by atoms with Gasteiger partial charge in [-0.3, -0.25) is 10.1 Å². The highest BCUT2D eigenvalue weighted by molar-refractivity contribution is 7.07. The van der Waals surface area contributed by atoms with Gasteiger partial charge in [-0.05, 0) is 17.7 Å². The lowest BCUT2D eigenvalue weighted by atomic mass is 10.1. The van der Waals surface area contributed by atoms with E-state index >= 15 is 0 Å². The monoisotopic (exact) mass is 280 g/mol. The first-order valence-electron chi connectivity index (χ1n) is 5.10. The molecule has 0 fully saturated rings. The van der Waals surface area contributed by atoms with Gasteiger partial charge in [-0.1, -0.05) is 0 Å². The van der Waals surface area contributed by atoms with Crippen molar-refractivity contribution in [3.8, 4) is 0 Å². The van der Waals surface area contributed by atoms with E-state index in [1.54, 1.807) is 10.9 Å². The number of ether oxygens (including phenoxy) is 1. The molecule has 98 valence electrons. The number of carbonyl (C=O) groups is 1. The number of hydrogen-bond donors (Lipinski definition) is 1. The Bertz CT molecular complexity index is 582. The van der Waals surface area contributed by atoms with Crippen LogP contribution in [0.5, 0.6) is 0 Å². The van der Waals surface area contributed by atoms with Gasteiger partial charge in [0.25, 0.3) is 5.69 Å². The van der Waals surface area contributed by atoms with E-state index in [-0.39, 0.29) is 5.69 Å². The molecular formula is C11H8N2O5S. The number of aromatic nitrogens is 1. The minimum atomic E-state index is -1.43. The molecule has 1 unspecified atom stereocenters. The van der Waals surface area contributed by atoms with E-state index in [4.69, 9.17) is 9.84 Å². The van der Waals surface area contributed by atoms with E-state index in [0.717, 1.165) is 0 Å². The maximum atomic E-state index is 10.7. The van der Waals surface area contributed by atoms with Crippen molar-refractivity contribution in [3.63, 3.8) is 0 Å². The summed E-state index contributed by atoms with van der Waals surface area (Å²) in [6, 6.07) is 5.48. The first kappa shape index (κ1) is 13.0. The Balaban J connectivity index is 2.33. The molecule has 2 rings (SSSR count). The Kier molecular flexibility index (Phi) is 3.71. The fraction of sp³-hybridized carbons (Fsp3) is 0.0909. The predicted octanol–water partition coefficient (Wildman–Crippen LogP) is 2.84. The molecule has 0 saturated heterocycles. The average Bonchev–Trinajstić information content (AvgIpc) is 2.89. The number of carboxylic acid groups (broad SMARTS) is 1. The van der Waals surface area contributed by atoms with Crippen LogP contribution in [0.2, 0.25) is 0 Å². The number of hydrogen-bond acceptors (Lipinski definition) is 6. The van der Waals surface area contributed by atoms with Crippen LogP contribution in [0.15, 0.2) is 35.2 Å². The molecule has 0 aliphatic carbocycles. The van der Waals surface area contributed by atoms with Crippen molar-refractivity contribution in [3.05, 3.63) is 56.5 Å². The summed E-state index contributed by atoms with van der Waals surface area (Å²) in [6.45, 7) is 0. The highest BCUT2D eigenvalue weighted by Crippen LogP contribution is 2.27. The predicted molar refractivity (Wildman–Crippen MR) is 66.2 cm³/mol. The van der Waals surface area contributed by atoms with Gasteiger partial charge < -0.3 is 9.84 Å². The zero-order valence-electron chi connectivity index (χ0n) is 9.42. The Morgan fingerprint density at radius 3 is 2.58 bits per heavy atom. The van der Waals surface area contributed by atoms with Crippen molar-refractivity contribution >= 4 is 23.2 Å². The molecule has 1 atom stereocenters. The summed E-state index contributed by atoms with van der Waals surface area (Å²) in [5.41, 5.74) is 2.41. The quantitative estimate of drug-likeness (QED) is 0.524. The van der Waals surface area contributed by atoms with Gasteiger partial charge in [0.05, 0.1) is 16.1 Å². The van der Waals surface area contributed by atoms with Gasteiger partial charge >= 0.3 is 6.16 Å². The minimum Gasteiger partial charge on any atom is -0.450 e. The normalized spacial score (nSPS) is 11.8. The molecule has 0 aliphatic rings. The van der Waals surface area contributed by atoms with Crippen molar-refractivity contribution in [1.29, 1.82) is 0 Å². The van der Waals surface area contributed by atoms with Crippen LogP contribution in [0.1, 0.15) is 17.4 Å². The average molecular weight is 280 g/mol. The van der Waals surface area contributed by atoms with E-state index < -0.39 is 17.2 Å². The highest BCUT2D eigenvalue weighted by Gasteiger charge is 2.21. The summed E-state index contributed by atoms with van der Waals surface area (Å²) in [4.78, 5) is 24.7. The molecule has 1 aromatic heterocycles. The second kappa shape index (κ2) is 5.44. The second-order valence-electron chi connectivity index (χ2n) is 3.53. The van der Waals surface area contributed by atoms with Crippen LogP contribution in [0.4, 0.5) is 10.5 Å². The van der Waals surface area contributed by atoms with E-state index in [0.29, 0.717) is 11.3 Å². The van der Waals surface area contributed by atoms with Crippen molar-refractivity contribution in [2.75, 3.05) is 0 Å². The fourth-order valence-corrected chi connectivity index (χ4v) is 2.09. The number of nitrogens with zero attached hydrogens (tertiary/aromatic N) is 2. The van der Waals surface area contributed by atoms with Crippen LogP contribution in [-0.2, 0) is 4.74 Å². The number of benzene rings is 1. The molecule has 0 spiro atoms. The third kappa shape index (κ3) is 3.05. The van der Waals surface area contributed by atoms with Gasteiger partial charge in [0, 0.05) is 17.5 Å². The van der Waals surface area contributed by atoms with Crippen molar-refractivity contribution in [2.45, 2.75) is 6.10 Å². The van der Waals surface area contributed by atoms with Crippen molar-refractivity contribution in [2.24, 2.45) is 0 Å². The number of nitro benzene ring substituents is 1.